The predicted octanol–water partition coefficient (Wildman–Crippen LogP) is 1.96. The van der Waals surface area contributed by atoms with Crippen LogP contribution in [-0.4, -0.2) is 18.0 Å². The Balaban J connectivity index is 2.15. The number of methoxy groups -OCH3 is 1. The molecule has 4 N–H and O–H groups in total. The third-order valence-electron chi connectivity index (χ3n) is 2.94. The molecule has 0 aliphatic carbocycles. The molecule has 6 nitrogen and oxygen atoms in total. The van der Waals surface area contributed by atoms with Crippen LogP contribution in [-0.2, 0) is 6.54 Å². The molecule has 0 bridgehead atoms. The molecular formula is C14H15ClN4O2. The summed E-state index contributed by atoms with van der Waals surface area (Å²) in [5.41, 5.74) is 4.01. The third kappa shape index (κ3) is 3.42. The number of nitrogen functional groups attached to an aromatic ring is 1. The lowest BCUT2D eigenvalue weighted by Crippen LogP contribution is -2.25. The van der Waals surface area contributed by atoms with Crippen molar-refractivity contribution in [1.29, 1.82) is 0 Å². The number of anilines is 1. The number of rotatable bonds is 5. The van der Waals surface area contributed by atoms with Gasteiger partial charge in [-0.05, 0) is 18.2 Å². The average Bonchev–Trinajstić information content (AvgIpc) is 2.53. The Bertz CT molecular complexity index is 649. The van der Waals surface area contributed by atoms with Gasteiger partial charge in [-0.1, -0.05) is 17.7 Å². The Hall–Kier alpha value is -2.31. The fourth-order valence-corrected chi connectivity index (χ4v) is 2.10. The molecule has 7 heteroatoms. The Labute approximate surface area is 127 Å². The number of nitrogens with zero attached hydrogens (tertiary/aromatic N) is 1. The summed E-state index contributed by atoms with van der Waals surface area (Å²) in [6.07, 6.45) is 2.98. The van der Waals surface area contributed by atoms with Gasteiger partial charge in [-0.15, -0.1) is 0 Å². The number of nitrogens with one attached hydrogen (secondary N) is 2. The second-order valence-corrected chi connectivity index (χ2v) is 4.58. The van der Waals surface area contributed by atoms with Gasteiger partial charge in [-0.25, -0.2) is 0 Å². The first-order valence-electron chi connectivity index (χ1n) is 6.17. The van der Waals surface area contributed by atoms with Crippen LogP contribution in [0.15, 0.2) is 36.7 Å². The molecule has 0 radical (unpaired) electrons. The van der Waals surface area contributed by atoms with Crippen molar-refractivity contribution < 1.29 is 9.53 Å². The van der Waals surface area contributed by atoms with Crippen molar-refractivity contribution in [3.05, 3.63) is 52.8 Å². The van der Waals surface area contributed by atoms with Crippen molar-refractivity contribution in [3.63, 3.8) is 0 Å². The van der Waals surface area contributed by atoms with Gasteiger partial charge in [0.15, 0.2) is 0 Å². The number of aromatic nitrogens is 1. The van der Waals surface area contributed by atoms with Crippen molar-refractivity contribution in [2.24, 2.45) is 5.84 Å². The Morgan fingerprint density at radius 3 is 2.95 bits per heavy atom. The lowest BCUT2D eigenvalue weighted by molar-refractivity contribution is 0.0951. The van der Waals surface area contributed by atoms with E-state index in [4.69, 9.17) is 22.2 Å². The highest BCUT2D eigenvalue weighted by molar-refractivity contribution is 6.31. The quantitative estimate of drug-likeness (QED) is 0.580. The van der Waals surface area contributed by atoms with Gasteiger partial charge >= 0.3 is 0 Å². The molecule has 0 fully saturated rings. The molecule has 0 aliphatic rings. The first-order valence-corrected chi connectivity index (χ1v) is 6.55. The Kier molecular flexibility index (Phi) is 4.97. The molecule has 1 amide bonds. The highest BCUT2D eigenvalue weighted by atomic mass is 35.5. The minimum Gasteiger partial charge on any atom is -0.496 e. The van der Waals surface area contributed by atoms with Crippen LogP contribution in [0.4, 0.5) is 5.69 Å². The number of ether oxygens (including phenoxy) is 1. The molecule has 0 aliphatic heterocycles. The molecule has 0 atom stereocenters. The smallest absolute Gasteiger partial charge is 0.255 e. The minimum atomic E-state index is -0.307. The Morgan fingerprint density at radius 2 is 2.24 bits per heavy atom. The van der Waals surface area contributed by atoms with Gasteiger partial charge in [-0.2, -0.15) is 0 Å². The summed E-state index contributed by atoms with van der Waals surface area (Å²) in [6, 6.07) is 6.92. The maximum Gasteiger partial charge on any atom is 0.255 e. The molecular weight excluding hydrogens is 292 g/mol. The number of hydrogen-bond donors (Lipinski definition) is 3. The van der Waals surface area contributed by atoms with E-state index >= 15 is 0 Å². The van der Waals surface area contributed by atoms with Crippen LogP contribution in [0.3, 0.4) is 0 Å². The van der Waals surface area contributed by atoms with E-state index in [0.29, 0.717) is 27.6 Å². The van der Waals surface area contributed by atoms with Gasteiger partial charge in [0.1, 0.15) is 5.75 Å². The van der Waals surface area contributed by atoms with Gasteiger partial charge in [-0.3, -0.25) is 15.6 Å². The van der Waals surface area contributed by atoms with Gasteiger partial charge in [0.05, 0.1) is 18.4 Å². The largest absolute Gasteiger partial charge is 0.496 e. The SMILES string of the molecule is COc1cccc(Cl)c1CNC(=O)c1cnccc1NN. The second kappa shape index (κ2) is 6.92. The average molecular weight is 307 g/mol. The van der Waals surface area contributed by atoms with E-state index in [0.717, 1.165) is 0 Å². The molecule has 1 heterocycles. The predicted molar refractivity (Wildman–Crippen MR) is 81.2 cm³/mol. The minimum absolute atomic E-state index is 0.237. The zero-order valence-corrected chi connectivity index (χ0v) is 12.1. The topological polar surface area (TPSA) is 89.3 Å². The fourth-order valence-electron chi connectivity index (χ4n) is 1.87. The van der Waals surface area contributed by atoms with E-state index in [9.17, 15) is 4.79 Å². The summed E-state index contributed by atoms with van der Waals surface area (Å²) in [7, 11) is 1.55. The van der Waals surface area contributed by atoms with Gasteiger partial charge in [0.2, 0.25) is 0 Å². The third-order valence-corrected chi connectivity index (χ3v) is 3.30. The van der Waals surface area contributed by atoms with Crippen LogP contribution in [0, 0.1) is 0 Å². The first kappa shape index (κ1) is 15.1. The van der Waals surface area contributed by atoms with E-state index in [2.05, 4.69) is 15.7 Å². The maximum absolute atomic E-state index is 12.2. The summed E-state index contributed by atoms with van der Waals surface area (Å²) in [4.78, 5) is 16.1. The highest BCUT2D eigenvalue weighted by Crippen LogP contribution is 2.26. The normalized spacial score (nSPS) is 10.0. The summed E-state index contributed by atoms with van der Waals surface area (Å²) in [5.74, 6) is 5.68. The van der Waals surface area contributed by atoms with Crippen LogP contribution < -0.4 is 21.3 Å². The summed E-state index contributed by atoms with van der Waals surface area (Å²) < 4.78 is 5.23. The zero-order valence-electron chi connectivity index (χ0n) is 11.4. The van der Waals surface area contributed by atoms with Crippen LogP contribution in [0.1, 0.15) is 15.9 Å². The van der Waals surface area contributed by atoms with Crippen molar-refractivity contribution in [1.82, 2.24) is 10.3 Å². The highest BCUT2D eigenvalue weighted by Gasteiger charge is 2.13. The molecule has 1 aromatic carbocycles. The first-order chi connectivity index (χ1) is 10.2. The summed E-state index contributed by atoms with van der Waals surface area (Å²) >= 11 is 6.12. The molecule has 0 saturated heterocycles. The van der Waals surface area contributed by atoms with E-state index in [-0.39, 0.29) is 12.5 Å². The van der Waals surface area contributed by atoms with E-state index in [1.165, 1.54) is 6.20 Å². The number of amides is 1. The molecule has 1 aromatic heterocycles. The Morgan fingerprint density at radius 1 is 1.43 bits per heavy atom. The molecule has 2 rings (SSSR count). The fraction of sp³-hybridized carbons (Fsp3) is 0.143. The summed E-state index contributed by atoms with van der Waals surface area (Å²) in [5, 5.41) is 3.29. The maximum atomic E-state index is 12.2. The van der Waals surface area contributed by atoms with E-state index in [1.807, 2.05) is 0 Å². The molecule has 0 saturated carbocycles. The number of hydrogen-bond acceptors (Lipinski definition) is 5. The molecule has 110 valence electrons. The molecule has 0 spiro atoms. The van der Waals surface area contributed by atoms with Gasteiger partial charge < -0.3 is 15.5 Å². The summed E-state index contributed by atoms with van der Waals surface area (Å²) in [6.45, 7) is 0.237. The second-order valence-electron chi connectivity index (χ2n) is 4.17. The number of hydrazine groups is 1. The lowest BCUT2D eigenvalue weighted by atomic mass is 10.1. The van der Waals surface area contributed by atoms with E-state index < -0.39 is 0 Å². The van der Waals surface area contributed by atoms with Crippen LogP contribution in [0.25, 0.3) is 0 Å². The van der Waals surface area contributed by atoms with Crippen molar-refractivity contribution in [2.45, 2.75) is 6.54 Å². The number of carbonyl (C=O) groups excluding carboxylic acids is 1. The number of pyridine rings is 1. The van der Waals surface area contributed by atoms with Gasteiger partial charge in [0, 0.05) is 29.5 Å². The number of carbonyl (C=O) groups is 1. The number of nitrogens with two attached hydrogens (primary N) is 1. The lowest BCUT2D eigenvalue weighted by Gasteiger charge is -2.12. The standard InChI is InChI=1S/C14H15ClN4O2/c1-21-13-4-2-3-11(15)9(13)8-18-14(20)10-7-17-6-5-12(10)19-16/h2-7H,8,16H2,1H3,(H,17,19)(H,18,20). The monoisotopic (exact) mass is 306 g/mol. The number of benzene rings is 1. The zero-order chi connectivity index (χ0) is 15.2. The van der Waals surface area contributed by atoms with Gasteiger partial charge in [0.25, 0.3) is 5.91 Å². The van der Waals surface area contributed by atoms with Crippen molar-refractivity contribution in [3.8, 4) is 5.75 Å². The molecule has 0 unspecified atom stereocenters. The van der Waals surface area contributed by atoms with Crippen LogP contribution in [0.5, 0.6) is 5.75 Å². The van der Waals surface area contributed by atoms with Crippen LogP contribution >= 0.6 is 11.6 Å². The van der Waals surface area contributed by atoms with Crippen molar-refractivity contribution >= 4 is 23.2 Å². The molecule has 2 aromatic rings. The van der Waals surface area contributed by atoms with Crippen LogP contribution in [0.2, 0.25) is 5.02 Å². The van der Waals surface area contributed by atoms with Crippen molar-refractivity contribution in [2.75, 3.05) is 12.5 Å². The number of halogens is 1. The molecule has 21 heavy (non-hydrogen) atoms. The van der Waals surface area contributed by atoms with E-state index in [1.54, 1.807) is 37.6 Å².